The molecule has 0 nitrogen and oxygen atoms in total. The maximum atomic E-state index is 2.46. The van der Waals surface area contributed by atoms with Crippen molar-refractivity contribution >= 4 is 0 Å². The summed E-state index contributed by atoms with van der Waals surface area (Å²) in [6.45, 7) is 4.60. The van der Waals surface area contributed by atoms with Gasteiger partial charge in [0, 0.05) is 0 Å². The van der Waals surface area contributed by atoms with Gasteiger partial charge in [-0.3, -0.25) is 0 Å². The van der Waals surface area contributed by atoms with Gasteiger partial charge in [0.15, 0.2) is 0 Å². The van der Waals surface area contributed by atoms with Crippen LogP contribution in [0.4, 0.5) is 0 Å². The van der Waals surface area contributed by atoms with E-state index in [-0.39, 0.29) is 0 Å². The quantitative estimate of drug-likeness (QED) is 0.0616. The molecule has 0 saturated carbocycles. The van der Waals surface area contributed by atoms with Gasteiger partial charge in [-0.2, -0.15) is 0 Å². The summed E-state index contributed by atoms with van der Waals surface area (Å²) in [5.41, 5.74) is 0. The third-order valence-electron chi connectivity index (χ3n) is 8.02. The van der Waals surface area contributed by atoms with Crippen LogP contribution in [0.5, 0.6) is 0 Å². The smallest absolute Gasteiger partial charge is 0.0351 e. The molecule has 0 aliphatic rings. The predicted octanol–water partition coefficient (Wildman–Crippen LogP) is 14.2. The Kier molecular flexibility index (Phi) is 35.0. The summed E-state index contributed by atoms with van der Waals surface area (Å²) in [4.78, 5) is 0. The minimum Gasteiger partial charge on any atom is -0.0885 e. The molecule has 0 bridgehead atoms. The molecule has 0 aromatic carbocycles. The third-order valence-corrected chi connectivity index (χ3v) is 8.02. The molecule has 0 aromatic rings. The first-order valence-corrected chi connectivity index (χ1v) is 17.7. The Bertz CT molecular complexity index is 431. The van der Waals surface area contributed by atoms with E-state index in [9.17, 15) is 0 Å². The molecule has 0 saturated heterocycles. The van der Waals surface area contributed by atoms with Gasteiger partial charge in [-0.25, -0.2) is 0 Å². The number of rotatable bonds is 32. The fourth-order valence-corrected chi connectivity index (χ4v) is 5.38. The van der Waals surface area contributed by atoms with Gasteiger partial charge in [-0.05, 0) is 51.4 Å². The van der Waals surface area contributed by atoms with Crippen LogP contribution in [0, 0.1) is 0 Å². The second-order valence-electron chi connectivity index (χ2n) is 11.9. The Labute approximate surface area is 236 Å². The maximum absolute atomic E-state index is 2.46. The van der Waals surface area contributed by atoms with E-state index in [2.05, 4.69) is 38.2 Å². The van der Waals surface area contributed by atoms with Crippen molar-refractivity contribution in [1.82, 2.24) is 0 Å². The first kappa shape index (κ1) is 36.5. The highest BCUT2D eigenvalue weighted by Gasteiger charge is 1.95. The van der Waals surface area contributed by atoms with E-state index in [0.717, 1.165) is 0 Å². The lowest BCUT2D eigenvalue weighted by atomic mass is 10.0. The standard InChI is InChI=1S/C37H72/c1-3-5-7-9-11-13-15-17-19-21-23-25-27-29-31-33-35-37-36-34-32-30-28-26-24-22-20-18-16-14-12-10-8-6-4-2/h17,19,35,37H,3-16,18,20-34,36H2,1-2H3/b19-17?,37-35+. The highest BCUT2D eigenvalue weighted by Crippen LogP contribution is 2.14. The van der Waals surface area contributed by atoms with Gasteiger partial charge in [0.25, 0.3) is 0 Å². The summed E-state index contributed by atoms with van der Waals surface area (Å²) in [7, 11) is 0. The molecule has 220 valence electrons. The zero-order chi connectivity index (χ0) is 26.7. The Morgan fingerprint density at radius 3 is 0.568 bits per heavy atom. The lowest BCUT2D eigenvalue weighted by molar-refractivity contribution is 0.530. The van der Waals surface area contributed by atoms with Crippen LogP contribution in [0.1, 0.15) is 213 Å². The highest BCUT2D eigenvalue weighted by molar-refractivity contribution is 4.82. The van der Waals surface area contributed by atoms with E-state index in [1.54, 1.807) is 0 Å². The minimum atomic E-state index is 1.30. The molecule has 0 aromatic heterocycles. The summed E-state index contributed by atoms with van der Waals surface area (Å²) >= 11 is 0. The Morgan fingerprint density at radius 1 is 0.216 bits per heavy atom. The van der Waals surface area contributed by atoms with Gasteiger partial charge in [-0.1, -0.05) is 186 Å². The largest absolute Gasteiger partial charge is 0.0885 e. The molecular weight excluding hydrogens is 444 g/mol. The Hall–Kier alpha value is -0.520. The lowest BCUT2D eigenvalue weighted by Crippen LogP contribution is -1.83. The molecule has 0 atom stereocenters. The van der Waals surface area contributed by atoms with Crippen molar-refractivity contribution in [3.05, 3.63) is 24.3 Å². The SMILES string of the molecule is CCCCCCCCC=CCCCCCCC/C=C/CCCCCCCCCCCCCCCCCC. The van der Waals surface area contributed by atoms with Gasteiger partial charge in [-0.15, -0.1) is 0 Å². The molecule has 37 heavy (non-hydrogen) atoms. The van der Waals surface area contributed by atoms with Gasteiger partial charge >= 0.3 is 0 Å². The van der Waals surface area contributed by atoms with Crippen LogP contribution in [0.15, 0.2) is 24.3 Å². The predicted molar refractivity (Wildman–Crippen MR) is 173 cm³/mol. The molecule has 0 heterocycles. The van der Waals surface area contributed by atoms with Gasteiger partial charge < -0.3 is 0 Å². The van der Waals surface area contributed by atoms with Gasteiger partial charge in [0.1, 0.15) is 0 Å². The number of allylic oxidation sites excluding steroid dienone is 4. The maximum Gasteiger partial charge on any atom is -0.0351 e. The molecule has 0 radical (unpaired) electrons. The van der Waals surface area contributed by atoms with Crippen molar-refractivity contribution in [3.8, 4) is 0 Å². The molecular formula is C37H72. The summed E-state index contributed by atoms with van der Waals surface area (Å²) < 4.78 is 0. The lowest BCUT2D eigenvalue weighted by Gasteiger charge is -2.03. The molecule has 0 amide bonds. The van der Waals surface area contributed by atoms with E-state index in [1.165, 1.54) is 199 Å². The van der Waals surface area contributed by atoms with Crippen LogP contribution in [0.25, 0.3) is 0 Å². The second-order valence-corrected chi connectivity index (χ2v) is 11.9. The monoisotopic (exact) mass is 517 g/mol. The fraction of sp³-hybridized carbons (Fsp3) is 0.892. The van der Waals surface area contributed by atoms with Crippen molar-refractivity contribution in [1.29, 1.82) is 0 Å². The summed E-state index contributed by atoms with van der Waals surface area (Å²) in [5, 5.41) is 0. The van der Waals surface area contributed by atoms with Crippen molar-refractivity contribution < 1.29 is 0 Å². The minimum absolute atomic E-state index is 1.30. The molecule has 0 rings (SSSR count). The van der Waals surface area contributed by atoms with Crippen LogP contribution < -0.4 is 0 Å². The summed E-state index contributed by atoms with van der Waals surface area (Å²) in [5.74, 6) is 0. The van der Waals surface area contributed by atoms with E-state index in [0.29, 0.717) is 0 Å². The molecule has 0 unspecified atom stereocenters. The molecule has 0 aliphatic heterocycles. The van der Waals surface area contributed by atoms with Crippen molar-refractivity contribution in [2.24, 2.45) is 0 Å². The highest BCUT2D eigenvalue weighted by atomic mass is 14.0. The zero-order valence-electron chi connectivity index (χ0n) is 26.2. The zero-order valence-corrected chi connectivity index (χ0v) is 26.2. The second kappa shape index (κ2) is 35.5. The van der Waals surface area contributed by atoms with Crippen molar-refractivity contribution in [3.63, 3.8) is 0 Å². The first-order valence-electron chi connectivity index (χ1n) is 17.7. The van der Waals surface area contributed by atoms with Crippen LogP contribution in [0.3, 0.4) is 0 Å². The van der Waals surface area contributed by atoms with Crippen LogP contribution in [0.2, 0.25) is 0 Å². The number of hydrogen-bond acceptors (Lipinski definition) is 0. The van der Waals surface area contributed by atoms with Crippen molar-refractivity contribution in [2.75, 3.05) is 0 Å². The van der Waals surface area contributed by atoms with Crippen LogP contribution in [-0.4, -0.2) is 0 Å². The normalized spacial score (nSPS) is 11.9. The summed E-state index contributed by atoms with van der Waals surface area (Å²) in [6, 6.07) is 0. The molecule has 0 spiro atoms. The van der Waals surface area contributed by atoms with Crippen LogP contribution in [-0.2, 0) is 0 Å². The summed E-state index contributed by atoms with van der Waals surface area (Å²) in [6.07, 6.45) is 53.9. The van der Waals surface area contributed by atoms with Gasteiger partial charge in [0.2, 0.25) is 0 Å². The Morgan fingerprint density at radius 2 is 0.378 bits per heavy atom. The average molecular weight is 517 g/mol. The molecule has 0 aliphatic carbocycles. The molecule has 0 fully saturated rings. The number of hydrogen-bond donors (Lipinski definition) is 0. The van der Waals surface area contributed by atoms with Gasteiger partial charge in [0.05, 0.1) is 0 Å². The van der Waals surface area contributed by atoms with Crippen molar-refractivity contribution in [2.45, 2.75) is 213 Å². The van der Waals surface area contributed by atoms with E-state index in [1.807, 2.05) is 0 Å². The van der Waals surface area contributed by atoms with E-state index < -0.39 is 0 Å². The topological polar surface area (TPSA) is 0 Å². The molecule has 0 N–H and O–H groups in total. The van der Waals surface area contributed by atoms with Crippen LogP contribution >= 0.6 is 0 Å². The molecule has 0 heteroatoms. The first-order chi connectivity index (χ1) is 18.4. The van der Waals surface area contributed by atoms with E-state index in [4.69, 9.17) is 0 Å². The Balaban J connectivity index is 3.12. The average Bonchev–Trinajstić information content (AvgIpc) is 2.91. The fourth-order valence-electron chi connectivity index (χ4n) is 5.38. The third kappa shape index (κ3) is 35.5. The van der Waals surface area contributed by atoms with E-state index >= 15 is 0 Å². The number of unbranched alkanes of at least 4 members (excludes halogenated alkanes) is 28.